The van der Waals surface area contributed by atoms with Crippen molar-refractivity contribution >= 4 is 27.7 Å². The first-order valence-corrected chi connectivity index (χ1v) is 8.76. The number of ketones is 1. The molecule has 1 heterocycles. The molecule has 0 radical (unpaired) electrons. The van der Waals surface area contributed by atoms with Gasteiger partial charge in [0.05, 0.1) is 16.8 Å². The zero-order chi connectivity index (χ0) is 18.2. The molecule has 2 aromatic rings. The van der Waals surface area contributed by atoms with E-state index in [1.807, 2.05) is 0 Å². The van der Waals surface area contributed by atoms with Crippen LogP contribution in [0.25, 0.3) is 0 Å². The topological polar surface area (TPSA) is 110 Å². The summed E-state index contributed by atoms with van der Waals surface area (Å²) in [6.07, 6.45) is 2.72. The monoisotopic (exact) mass is 351 g/mol. The number of carbonyl (C=O) groups excluding carboxylic acids is 2. The van der Waals surface area contributed by atoms with E-state index in [2.05, 4.69) is 5.10 Å². The summed E-state index contributed by atoms with van der Waals surface area (Å²) in [5, 5.41) is 13.7. The number of nitrogens with zero attached hydrogens (tertiary/aromatic N) is 3. The van der Waals surface area contributed by atoms with E-state index in [-0.39, 0.29) is 27.6 Å². The lowest BCUT2D eigenvalue weighted by Crippen LogP contribution is -2.20. The van der Waals surface area contributed by atoms with Crippen LogP contribution in [0.3, 0.4) is 0 Å². The first kappa shape index (κ1) is 17.7. The molecule has 1 amide bonds. The van der Waals surface area contributed by atoms with Crippen LogP contribution >= 0.6 is 0 Å². The summed E-state index contributed by atoms with van der Waals surface area (Å²) in [5.74, 6) is -0.810. The maximum absolute atomic E-state index is 12.7. The fourth-order valence-electron chi connectivity index (χ4n) is 2.45. The van der Waals surface area contributed by atoms with Crippen molar-refractivity contribution in [1.82, 2.24) is 9.78 Å². The van der Waals surface area contributed by atoms with Crippen molar-refractivity contribution in [2.24, 2.45) is 7.05 Å². The van der Waals surface area contributed by atoms with E-state index in [1.165, 1.54) is 32.4 Å². The molecule has 0 saturated heterocycles. The summed E-state index contributed by atoms with van der Waals surface area (Å²) in [6.45, 7) is 1.55. The van der Waals surface area contributed by atoms with Crippen LogP contribution in [0, 0.1) is 6.92 Å². The molecule has 0 unspecified atom stereocenters. The largest absolute Gasteiger partial charge is 0.493 e. The number of aromatic hydroxyl groups is 1. The van der Waals surface area contributed by atoms with E-state index in [0.717, 1.165) is 15.8 Å². The van der Waals surface area contributed by atoms with Crippen LogP contribution in [0.5, 0.6) is 5.88 Å². The highest BCUT2D eigenvalue weighted by Crippen LogP contribution is 2.32. The Balaban J connectivity index is 2.72. The van der Waals surface area contributed by atoms with Crippen molar-refractivity contribution in [1.29, 1.82) is 0 Å². The van der Waals surface area contributed by atoms with E-state index >= 15 is 0 Å². The van der Waals surface area contributed by atoms with Gasteiger partial charge in [-0.2, -0.15) is 5.10 Å². The molecule has 1 N–H and O–H groups in total. The van der Waals surface area contributed by atoms with Gasteiger partial charge >= 0.3 is 0 Å². The van der Waals surface area contributed by atoms with Crippen LogP contribution < -0.4 is 4.90 Å². The second-order valence-electron chi connectivity index (χ2n) is 5.41. The molecule has 0 saturated carbocycles. The number of aryl methyl sites for hydroxylation is 1. The molecule has 24 heavy (non-hydrogen) atoms. The van der Waals surface area contributed by atoms with Crippen molar-refractivity contribution in [3.05, 3.63) is 35.0 Å². The lowest BCUT2D eigenvalue weighted by Gasteiger charge is -2.20. The number of carbonyl (C=O) groups is 2. The number of amides is 1. The minimum absolute atomic E-state index is 0.00703. The minimum Gasteiger partial charge on any atom is -0.493 e. The van der Waals surface area contributed by atoms with Crippen molar-refractivity contribution in [2.45, 2.75) is 11.8 Å². The first-order chi connectivity index (χ1) is 11.1. The molecule has 0 bridgehead atoms. The smallest absolute Gasteiger partial charge is 0.220 e. The number of rotatable bonds is 5. The van der Waals surface area contributed by atoms with Crippen LogP contribution in [-0.4, -0.2) is 48.8 Å². The zero-order valence-electron chi connectivity index (χ0n) is 13.6. The summed E-state index contributed by atoms with van der Waals surface area (Å²) in [6, 6.07) is 2.64. The Morgan fingerprint density at radius 1 is 1.33 bits per heavy atom. The lowest BCUT2D eigenvalue weighted by molar-refractivity contribution is -0.107. The Bertz CT molecular complexity index is 931. The standard InChI is InChI=1S/C15H17N3O5S/c1-9-10(14(20)11-7-16-18(3)15(11)21)5-6-12(24(4,22)23)13(9)17(2)8-19/h5-8,21H,1-4H3. The number of aromatic nitrogens is 2. The molecule has 0 atom stereocenters. The minimum atomic E-state index is -3.60. The molecule has 0 spiro atoms. The molecular weight excluding hydrogens is 334 g/mol. The van der Waals surface area contributed by atoms with E-state index < -0.39 is 15.6 Å². The van der Waals surface area contributed by atoms with Gasteiger partial charge in [0.2, 0.25) is 12.3 Å². The van der Waals surface area contributed by atoms with Crippen LogP contribution in [0.1, 0.15) is 21.5 Å². The van der Waals surface area contributed by atoms with Crippen LogP contribution in [0.2, 0.25) is 0 Å². The third kappa shape index (κ3) is 2.90. The van der Waals surface area contributed by atoms with Crippen molar-refractivity contribution in [2.75, 3.05) is 18.2 Å². The number of sulfone groups is 1. The molecule has 0 aliphatic carbocycles. The fourth-order valence-corrected chi connectivity index (χ4v) is 3.41. The summed E-state index contributed by atoms with van der Waals surface area (Å²) >= 11 is 0. The normalized spacial score (nSPS) is 11.3. The molecular formula is C15H17N3O5S. The second kappa shape index (κ2) is 6.08. The van der Waals surface area contributed by atoms with E-state index in [1.54, 1.807) is 6.92 Å². The molecule has 8 nitrogen and oxygen atoms in total. The predicted molar refractivity (Wildman–Crippen MR) is 87.1 cm³/mol. The third-order valence-corrected chi connectivity index (χ3v) is 4.83. The number of anilines is 1. The first-order valence-electron chi connectivity index (χ1n) is 6.87. The Kier molecular flexibility index (Phi) is 4.48. The fraction of sp³-hybridized carbons (Fsp3) is 0.267. The summed E-state index contributed by atoms with van der Waals surface area (Å²) < 4.78 is 25.1. The summed E-state index contributed by atoms with van der Waals surface area (Å²) in [4.78, 5) is 24.8. The van der Waals surface area contributed by atoms with Gasteiger partial charge in [0, 0.05) is 25.9 Å². The van der Waals surface area contributed by atoms with Crippen molar-refractivity contribution < 1.29 is 23.1 Å². The lowest BCUT2D eigenvalue weighted by atomic mass is 9.99. The molecule has 0 aliphatic rings. The van der Waals surface area contributed by atoms with E-state index in [0.29, 0.717) is 12.0 Å². The highest BCUT2D eigenvalue weighted by molar-refractivity contribution is 7.90. The Morgan fingerprint density at radius 2 is 1.96 bits per heavy atom. The quantitative estimate of drug-likeness (QED) is 0.626. The molecule has 0 fully saturated rings. The van der Waals surface area contributed by atoms with Gasteiger partial charge in [0.15, 0.2) is 15.6 Å². The highest BCUT2D eigenvalue weighted by Gasteiger charge is 2.25. The molecule has 1 aromatic heterocycles. The summed E-state index contributed by atoms with van der Waals surface area (Å²) in [5.41, 5.74) is 0.615. The molecule has 0 aliphatic heterocycles. The summed E-state index contributed by atoms with van der Waals surface area (Å²) in [7, 11) is -0.714. The number of hydrogen-bond donors (Lipinski definition) is 1. The van der Waals surface area contributed by atoms with E-state index in [9.17, 15) is 23.1 Å². The van der Waals surface area contributed by atoms with Crippen LogP contribution in [0.15, 0.2) is 23.2 Å². The molecule has 2 rings (SSSR count). The van der Waals surface area contributed by atoms with E-state index in [4.69, 9.17) is 0 Å². The van der Waals surface area contributed by atoms with Crippen molar-refractivity contribution in [3.8, 4) is 5.88 Å². The SMILES string of the molecule is Cc1c(C(=O)c2cnn(C)c2O)ccc(S(C)(=O)=O)c1N(C)C=O. The van der Waals surface area contributed by atoms with Gasteiger partial charge in [-0.3, -0.25) is 9.59 Å². The third-order valence-electron chi connectivity index (χ3n) is 3.70. The Morgan fingerprint density at radius 3 is 2.42 bits per heavy atom. The van der Waals surface area contributed by atoms with Crippen LogP contribution in [0.4, 0.5) is 5.69 Å². The number of benzene rings is 1. The Labute approximate surface area is 139 Å². The average Bonchev–Trinajstić information content (AvgIpc) is 2.84. The molecule has 9 heteroatoms. The van der Waals surface area contributed by atoms with Gasteiger partial charge in [-0.15, -0.1) is 0 Å². The van der Waals surface area contributed by atoms with Crippen molar-refractivity contribution in [3.63, 3.8) is 0 Å². The average molecular weight is 351 g/mol. The molecule has 1 aromatic carbocycles. The van der Waals surface area contributed by atoms with Gasteiger partial charge < -0.3 is 10.0 Å². The van der Waals surface area contributed by atoms with Gasteiger partial charge in [0.1, 0.15) is 5.56 Å². The van der Waals surface area contributed by atoms with Gasteiger partial charge in [-0.05, 0) is 24.6 Å². The zero-order valence-corrected chi connectivity index (χ0v) is 14.5. The predicted octanol–water partition coefficient (Wildman–Crippen LogP) is 0.661. The van der Waals surface area contributed by atoms with Gasteiger partial charge in [0.25, 0.3) is 0 Å². The van der Waals surface area contributed by atoms with Crippen LogP contribution in [-0.2, 0) is 21.7 Å². The number of hydrogen-bond acceptors (Lipinski definition) is 6. The highest BCUT2D eigenvalue weighted by atomic mass is 32.2. The maximum atomic E-state index is 12.7. The van der Waals surface area contributed by atoms with Gasteiger partial charge in [-0.1, -0.05) is 0 Å². The molecule has 128 valence electrons. The second-order valence-corrected chi connectivity index (χ2v) is 7.39. The van der Waals surface area contributed by atoms with Gasteiger partial charge in [-0.25, -0.2) is 13.1 Å². The maximum Gasteiger partial charge on any atom is 0.220 e. The Hall–Kier alpha value is -2.68.